The maximum Gasteiger partial charge on any atom is 0.0667 e. The van der Waals surface area contributed by atoms with Crippen molar-refractivity contribution in [2.45, 2.75) is 84.9 Å². The first-order valence-electron chi connectivity index (χ1n) is 7.02. The van der Waals surface area contributed by atoms with Crippen LogP contribution in [0.1, 0.15) is 66.7 Å². The van der Waals surface area contributed by atoms with Gasteiger partial charge < -0.3 is 5.11 Å². The lowest BCUT2D eigenvalue weighted by Gasteiger charge is -2.38. The molecule has 3 atom stereocenters. The molecule has 3 unspecified atom stereocenters. The lowest BCUT2D eigenvalue weighted by atomic mass is 10.0. The van der Waals surface area contributed by atoms with Gasteiger partial charge >= 0.3 is 0 Å². The van der Waals surface area contributed by atoms with E-state index in [1.807, 2.05) is 6.92 Å². The van der Waals surface area contributed by atoms with Crippen LogP contribution in [0.2, 0.25) is 0 Å². The second-order valence-electron chi connectivity index (χ2n) is 4.95. The zero-order valence-corrected chi connectivity index (χ0v) is 11.9. The minimum atomic E-state index is -0.217. The molecular weight excluding hydrogens is 198 g/mol. The first-order chi connectivity index (χ1) is 7.58. The quantitative estimate of drug-likeness (QED) is 0.655. The molecule has 0 spiro atoms. The molecule has 0 heterocycles. The highest BCUT2D eigenvalue weighted by Gasteiger charge is 2.25. The topological polar surface area (TPSA) is 23.5 Å². The predicted octanol–water partition coefficient (Wildman–Crippen LogP) is 3.44. The minimum Gasteiger partial charge on any atom is -0.392 e. The molecule has 0 saturated carbocycles. The van der Waals surface area contributed by atoms with Gasteiger partial charge in [-0.2, -0.15) is 0 Å². The molecule has 2 nitrogen and oxygen atoms in total. The van der Waals surface area contributed by atoms with Gasteiger partial charge in [-0.05, 0) is 39.7 Å². The number of aliphatic hydroxyl groups is 1. The van der Waals surface area contributed by atoms with Crippen molar-refractivity contribution in [3.05, 3.63) is 0 Å². The number of unbranched alkanes of at least 4 members (excludes halogenated alkanes) is 1. The molecule has 0 aliphatic carbocycles. The Hall–Kier alpha value is -0.0800. The van der Waals surface area contributed by atoms with Gasteiger partial charge in [-0.3, -0.25) is 4.90 Å². The van der Waals surface area contributed by atoms with E-state index in [0.29, 0.717) is 12.1 Å². The normalized spacial score (nSPS) is 17.4. The van der Waals surface area contributed by atoms with Crippen LogP contribution < -0.4 is 0 Å². The van der Waals surface area contributed by atoms with E-state index in [2.05, 4.69) is 32.6 Å². The van der Waals surface area contributed by atoms with E-state index in [1.165, 1.54) is 12.8 Å². The summed E-state index contributed by atoms with van der Waals surface area (Å²) >= 11 is 0. The Morgan fingerprint density at radius 2 is 1.69 bits per heavy atom. The number of rotatable bonds is 9. The second kappa shape index (κ2) is 9.00. The molecule has 0 aliphatic heterocycles. The monoisotopic (exact) mass is 229 g/mol. The number of aliphatic hydroxyl groups excluding tert-OH is 1. The van der Waals surface area contributed by atoms with Crippen molar-refractivity contribution in [3.63, 3.8) is 0 Å². The van der Waals surface area contributed by atoms with Crippen LogP contribution in [0.4, 0.5) is 0 Å². The first-order valence-corrected chi connectivity index (χ1v) is 7.02. The van der Waals surface area contributed by atoms with Crippen molar-refractivity contribution in [1.82, 2.24) is 4.90 Å². The Kier molecular flexibility index (Phi) is 8.96. The third-order valence-corrected chi connectivity index (χ3v) is 3.49. The molecule has 0 bridgehead atoms. The summed E-state index contributed by atoms with van der Waals surface area (Å²) in [4.78, 5) is 2.51. The lowest BCUT2D eigenvalue weighted by Crippen LogP contribution is -2.47. The molecule has 0 aromatic carbocycles. The Morgan fingerprint density at radius 3 is 2.06 bits per heavy atom. The van der Waals surface area contributed by atoms with Crippen LogP contribution in [0.15, 0.2) is 0 Å². The Balaban J connectivity index is 4.52. The number of hydrogen-bond donors (Lipinski definition) is 1. The summed E-state index contributed by atoms with van der Waals surface area (Å²) in [6.07, 6.45) is 5.66. The van der Waals surface area contributed by atoms with Gasteiger partial charge in [0.2, 0.25) is 0 Å². The third kappa shape index (κ3) is 5.31. The summed E-state index contributed by atoms with van der Waals surface area (Å²) in [6, 6.07) is 0.921. The maximum atomic E-state index is 9.92. The van der Waals surface area contributed by atoms with Gasteiger partial charge in [-0.1, -0.05) is 33.6 Å². The highest BCUT2D eigenvalue weighted by atomic mass is 16.3. The molecule has 0 aliphatic rings. The predicted molar refractivity (Wildman–Crippen MR) is 71.7 cm³/mol. The Morgan fingerprint density at radius 1 is 1.06 bits per heavy atom. The van der Waals surface area contributed by atoms with Crippen LogP contribution in [-0.2, 0) is 0 Å². The zero-order valence-electron chi connectivity index (χ0n) is 11.9. The first kappa shape index (κ1) is 15.9. The van der Waals surface area contributed by atoms with Gasteiger partial charge in [0.25, 0.3) is 0 Å². The summed E-state index contributed by atoms with van der Waals surface area (Å²) in [5.41, 5.74) is 0. The van der Waals surface area contributed by atoms with E-state index in [9.17, 15) is 5.11 Å². The standard InChI is InChI=1S/C14H31NO/c1-6-9-11-15(12(4)8-3)14(10-7-2)13(5)16/h12-14,16H,6-11H2,1-5H3. The highest BCUT2D eigenvalue weighted by Crippen LogP contribution is 2.17. The van der Waals surface area contributed by atoms with E-state index < -0.39 is 0 Å². The van der Waals surface area contributed by atoms with Crippen LogP contribution in [0.5, 0.6) is 0 Å². The fourth-order valence-electron chi connectivity index (χ4n) is 2.27. The molecule has 0 aromatic rings. The molecule has 0 aromatic heterocycles. The van der Waals surface area contributed by atoms with E-state index in [1.54, 1.807) is 0 Å². The summed E-state index contributed by atoms with van der Waals surface area (Å²) in [5.74, 6) is 0. The average molecular weight is 229 g/mol. The molecular formula is C14H31NO. The Bertz CT molecular complexity index is 159. The van der Waals surface area contributed by atoms with Gasteiger partial charge in [-0.15, -0.1) is 0 Å². The van der Waals surface area contributed by atoms with Gasteiger partial charge in [-0.25, -0.2) is 0 Å². The van der Waals surface area contributed by atoms with E-state index in [-0.39, 0.29) is 6.10 Å². The fourth-order valence-corrected chi connectivity index (χ4v) is 2.27. The Labute approximate surface area is 102 Å². The summed E-state index contributed by atoms with van der Waals surface area (Å²) in [5, 5.41) is 9.92. The largest absolute Gasteiger partial charge is 0.392 e. The third-order valence-electron chi connectivity index (χ3n) is 3.49. The average Bonchev–Trinajstić information content (AvgIpc) is 2.27. The van der Waals surface area contributed by atoms with Crippen molar-refractivity contribution < 1.29 is 5.11 Å². The van der Waals surface area contributed by atoms with Gasteiger partial charge in [0.15, 0.2) is 0 Å². The van der Waals surface area contributed by atoms with Gasteiger partial charge in [0.1, 0.15) is 0 Å². The van der Waals surface area contributed by atoms with Crippen molar-refractivity contribution in [1.29, 1.82) is 0 Å². The van der Waals surface area contributed by atoms with Crippen LogP contribution in [0.3, 0.4) is 0 Å². The summed E-state index contributed by atoms with van der Waals surface area (Å²) in [6.45, 7) is 12.0. The second-order valence-corrected chi connectivity index (χ2v) is 4.95. The number of nitrogens with zero attached hydrogens (tertiary/aromatic N) is 1. The van der Waals surface area contributed by atoms with Crippen LogP contribution in [0.25, 0.3) is 0 Å². The molecule has 0 saturated heterocycles. The zero-order chi connectivity index (χ0) is 12.6. The smallest absolute Gasteiger partial charge is 0.0667 e. The molecule has 16 heavy (non-hydrogen) atoms. The van der Waals surface area contributed by atoms with Crippen LogP contribution >= 0.6 is 0 Å². The van der Waals surface area contributed by atoms with Crippen LogP contribution in [-0.4, -0.2) is 34.7 Å². The summed E-state index contributed by atoms with van der Waals surface area (Å²) < 4.78 is 0. The maximum absolute atomic E-state index is 9.92. The van der Waals surface area contributed by atoms with Crippen molar-refractivity contribution in [3.8, 4) is 0 Å². The molecule has 1 N–H and O–H groups in total. The van der Waals surface area contributed by atoms with Gasteiger partial charge in [0.05, 0.1) is 6.10 Å². The molecule has 0 radical (unpaired) electrons. The van der Waals surface area contributed by atoms with Crippen molar-refractivity contribution in [2.75, 3.05) is 6.54 Å². The fraction of sp³-hybridized carbons (Fsp3) is 1.00. The van der Waals surface area contributed by atoms with E-state index >= 15 is 0 Å². The molecule has 0 fully saturated rings. The van der Waals surface area contributed by atoms with E-state index in [4.69, 9.17) is 0 Å². The minimum absolute atomic E-state index is 0.217. The van der Waals surface area contributed by atoms with Crippen molar-refractivity contribution >= 4 is 0 Å². The van der Waals surface area contributed by atoms with Crippen molar-refractivity contribution in [2.24, 2.45) is 0 Å². The SMILES string of the molecule is CCCCN(C(C)CC)C(CCC)C(C)O. The van der Waals surface area contributed by atoms with Crippen LogP contribution in [0, 0.1) is 0 Å². The highest BCUT2D eigenvalue weighted by molar-refractivity contribution is 4.80. The molecule has 2 heteroatoms. The van der Waals surface area contributed by atoms with Gasteiger partial charge in [0, 0.05) is 12.1 Å². The molecule has 98 valence electrons. The number of hydrogen-bond acceptors (Lipinski definition) is 2. The lowest BCUT2D eigenvalue weighted by molar-refractivity contribution is 0.0303. The molecule has 0 amide bonds. The van der Waals surface area contributed by atoms with E-state index in [0.717, 1.165) is 25.8 Å². The summed E-state index contributed by atoms with van der Waals surface area (Å²) in [7, 11) is 0. The molecule has 0 rings (SSSR count).